The first-order valence-electron chi connectivity index (χ1n) is 7.94. The molecular weight excluding hydrogens is 312 g/mol. The number of likely N-dealkylation sites (N-methyl/N-ethyl adjacent to an activating group) is 1. The van der Waals surface area contributed by atoms with Gasteiger partial charge in [-0.3, -0.25) is 4.90 Å². The molecule has 9 heteroatoms. The molecule has 0 saturated carbocycles. The maximum Gasteiger partial charge on any atom is 0.230 e. The lowest BCUT2D eigenvalue weighted by atomic mass is 10.2. The lowest BCUT2D eigenvalue weighted by molar-refractivity contribution is 0.0903. The summed E-state index contributed by atoms with van der Waals surface area (Å²) in [5.41, 5.74) is 0. The van der Waals surface area contributed by atoms with Gasteiger partial charge in [-0.25, -0.2) is 9.97 Å². The van der Waals surface area contributed by atoms with Gasteiger partial charge in [0.1, 0.15) is 12.1 Å². The van der Waals surface area contributed by atoms with Crippen molar-refractivity contribution in [2.24, 2.45) is 0 Å². The highest BCUT2D eigenvalue weighted by molar-refractivity contribution is 5.43. The molecule has 9 nitrogen and oxygen atoms in total. The van der Waals surface area contributed by atoms with Gasteiger partial charge in [-0.05, 0) is 14.0 Å². The van der Waals surface area contributed by atoms with E-state index in [9.17, 15) is 5.11 Å². The van der Waals surface area contributed by atoms with E-state index in [1.165, 1.54) is 6.33 Å². The van der Waals surface area contributed by atoms with E-state index in [0.29, 0.717) is 43.9 Å². The van der Waals surface area contributed by atoms with Crippen LogP contribution in [0.15, 0.2) is 16.8 Å². The Balaban J connectivity index is 1.66. The van der Waals surface area contributed by atoms with E-state index in [0.717, 1.165) is 5.82 Å². The molecule has 1 saturated heterocycles. The average molecular weight is 334 g/mol. The smallest absolute Gasteiger partial charge is 0.230 e. The van der Waals surface area contributed by atoms with Crippen LogP contribution in [0.3, 0.4) is 0 Å². The molecule has 2 aromatic rings. The number of hydrogen-bond acceptors (Lipinski definition) is 9. The molecule has 1 aliphatic rings. The van der Waals surface area contributed by atoms with Crippen molar-refractivity contribution >= 4 is 5.82 Å². The molecule has 0 aliphatic carbocycles. The van der Waals surface area contributed by atoms with Crippen LogP contribution in [0.25, 0.3) is 0 Å². The molecule has 3 heterocycles. The van der Waals surface area contributed by atoms with E-state index < -0.39 is 6.10 Å². The summed E-state index contributed by atoms with van der Waals surface area (Å²) < 4.78 is 10.8. The third kappa shape index (κ3) is 3.62. The fourth-order valence-corrected chi connectivity index (χ4v) is 2.85. The van der Waals surface area contributed by atoms with Gasteiger partial charge in [0.05, 0.1) is 25.3 Å². The van der Waals surface area contributed by atoms with Gasteiger partial charge in [-0.2, -0.15) is 0 Å². The Labute approximate surface area is 140 Å². The van der Waals surface area contributed by atoms with Gasteiger partial charge in [0, 0.05) is 26.1 Å². The lowest BCUT2D eigenvalue weighted by Gasteiger charge is -2.25. The molecule has 1 fully saturated rings. The fourth-order valence-electron chi connectivity index (χ4n) is 2.85. The number of ether oxygens (including phenoxy) is 1. The maximum atomic E-state index is 10.4. The molecule has 0 radical (unpaired) electrons. The summed E-state index contributed by atoms with van der Waals surface area (Å²) in [6, 6.07) is 1.74. The first-order chi connectivity index (χ1) is 11.6. The molecule has 0 aromatic carbocycles. The fraction of sp³-hybridized carbons (Fsp3) is 0.600. The van der Waals surface area contributed by atoms with Gasteiger partial charge < -0.3 is 19.2 Å². The molecule has 1 aliphatic heterocycles. The van der Waals surface area contributed by atoms with Gasteiger partial charge in [0.15, 0.2) is 0 Å². The maximum absolute atomic E-state index is 10.4. The molecule has 24 heavy (non-hydrogen) atoms. The average Bonchev–Trinajstić information content (AvgIpc) is 3.14. The summed E-state index contributed by atoms with van der Waals surface area (Å²) >= 11 is 0. The Morgan fingerprint density at radius 3 is 2.92 bits per heavy atom. The zero-order valence-corrected chi connectivity index (χ0v) is 14.1. The molecular formula is C15H22N6O3. The van der Waals surface area contributed by atoms with Crippen molar-refractivity contribution in [3.05, 3.63) is 24.2 Å². The number of aliphatic hydroxyl groups excluding tert-OH is 1. The summed E-state index contributed by atoms with van der Waals surface area (Å²) in [6.07, 6.45) is 0.981. The van der Waals surface area contributed by atoms with Gasteiger partial charge in [0.2, 0.25) is 17.7 Å². The summed E-state index contributed by atoms with van der Waals surface area (Å²) in [5, 5.41) is 18.3. The van der Waals surface area contributed by atoms with Crippen LogP contribution in [-0.2, 0) is 6.54 Å². The van der Waals surface area contributed by atoms with E-state index in [1.807, 2.05) is 23.8 Å². The second-order valence-corrected chi connectivity index (χ2v) is 5.82. The van der Waals surface area contributed by atoms with Gasteiger partial charge in [0.25, 0.3) is 0 Å². The van der Waals surface area contributed by atoms with Gasteiger partial charge >= 0.3 is 0 Å². The Morgan fingerprint density at radius 2 is 2.21 bits per heavy atom. The zero-order chi connectivity index (χ0) is 17.1. The number of rotatable bonds is 6. The van der Waals surface area contributed by atoms with Crippen LogP contribution in [0, 0.1) is 6.92 Å². The first kappa shape index (κ1) is 16.6. The minimum Gasteiger partial charge on any atom is -0.478 e. The molecule has 3 rings (SSSR count). The highest BCUT2D eigenvalue weighted by atomic mass is 16.5. The number of aromatic nitrogens is 4. The zero-order valence-electron chi connectivity index (χ0n) is 14.1. The number of aryl methyl sites for hydroxylation is 1. The van der Waals surface area contributed by atoms with Crippen molar-refractivity contribution in [1.82, 2.24) is 25.1 Å². The lowest BCUT2D eigenvalue weighted by Crippen LogP contribution is -2.40. The number of nitrogens with zero attached hydrogens (tertiary/aromatic N) is 6. The van der Waals surface area contributed by atoms with Crippen molar-refractivity contribution in [3.63, 3.8) is 0 Å². The molecule has 2 atom stereocenters. The van der Waals surface area contributed by atoms with E-state index in [-0.39, 0.29) is 6.04 Å². The minimum absolute atomic E-state index is 0.0530. The van der Waals surface area contributed by atoms with Crippen LogP contribution >= 0.6 is 0 Å². The third-order valence-electron chi connectivity index (χ3n) is 4.02. The summed E-state index contributed by atoms with van der Waals surface area (Å²) in [6.45, 7) is 5.85. The van der Waals surface area contributed by atoms with Crippen LogP contribution in [0.2, 0.25) is 0 Å². The van der Waals surface area contributed by atoms with Crippen LogP contribution < -0.4 is 9.64 Å². The van der Waals surface area contributed by atoms with Crippen molar-refractivity contribution in [2.75, 3.05) is 31.6 Å². The molecule has 130 valence electrons. The Morgan fingerprint density at radius 1 is 1.38 bits per heavy atom. The van der Waals surface area contributed by atoms with Crippen molar-refractivity contribution in [3.8, 4) is 5.88 Å². The number of aliphatic hydroxyl groups is 1. The largest absolute Gasteiger partial charge is 0.478 e. The summed E-state index contributed by atoms with van der Waals surface area (Å²) in [4.78, 5) is 12.4. The highest BCUT2D eigenvalue weighted by Gasteiger charge is 2.35. The third-order valence-corrected chi connectivity index (χ3v) is 4.02. The standard InChI is InChI=1S/C15H22N6O3/c1-4-23-14-5-13(16-9-17-14)21-6-11(12(22)7-21)20(3)8-15-19-18-10(2)24-15/h5,9,11-12,22H,4,6-8H2,1-3H3/t11-,12-/m1/s1. The molecule has 2 aromatic heterocycles. The van der Waals surface area contributed by atoms with Gasteiger partial charge in [-0.1, -0.05) is 0 Å². The van der Waals surface area contributed by atoms with Crippen LogP contribution in [-0.4, -0.2) is 69.1 Å². The van der Waals surface area contributed by atoms with Crippen LogP contribution in [0.1, 0.15) is 18.7 Å². The SMILES string of the molecule is CCOc1cc(N2C[C@@H](O)[C@H](N(C)Cc3nnc(C)o3)C2)ncn1. The molecule has 0 unspecified atom stereocenters. The topological polar surface area (TPSA) is 101 Å². The number of β-amino-alcohol motifs (C(OH)–C–C–N with tert-alkyl or cyclic N) is 1. The summed E-state index contributed by atoms with van der Waals surface area (Å²) in [5.74, 6) is 2.37. The second-order valence-electron chi connectivity index (χ2n) is 5.82. The monoisotopic (exact) mass is 334 g/mol. The van der Waals surface area contributed by atoms with E-state index in [2.05, 4.69) is 20.2 Å². The predicted octanol–water partition coefficient (Wildman–Crippen LogP) is 0.248. The molecule has 0 spiro atoms. The van der Waals surface area contributed by atoms with E-state index in [1.54, 1.807) is 13.0 Å². The molecule has 0 bridgehead atoms. The van der Waals surface area contributed by atoms with Crippen molar-refractivity contribution in [2.45, 2.75) is 32.5 Å². The molecule has 1 N–H and O–H groups in total. The van der Waals surface area contributed by atoms with Crippen LogP contribution in [0.5, 0.6) is 5.88 Å². The second kappa shape index (κ2) is 7.10. The summed E-state index contributed by atoms with van der Waals surface area (Å²) in [7, 11) is 1.93. The van der Waals surface area contributed by atoms with Gasteiger partial charge in [-0.15, -0.1) is 10.2 Å². The van der Waals surface area contributed by atoms with Crippen molar-refractivity contribution in [1.29, 1.82) is 0 Å². The Hall–Kier alpha value is -2.26. The van der Waals surface area contributed by atoms with E-state index in [4.69, 9.17) is 9.15 Å². The predicted molar refractivity (Wildman–Crippen MR) is 85.7 cm³/mol. The first-order valence-corrected chi connectivity index (χ1v) is 7.94. The van der Waals surface area contributed by atoms with Crippen molar-refractivity contribution < 1.29 is 14.3 Å². The highest BCUT2D eigenvalue weighted by Crippen LogP contribution is 2.24. The number of anilines is 1. The van der Waals surface area contributed by atoms with Crippen LogP contribution in [0.4, 0.5) is 5.82 Å². The Bertz CT molecular complexity index is 679. The normalized spacial score (nSPS) is 20.8. The quantitative estimate of drug-likeness (QED) is 0.796. The number of hydrogen-bond donors (Lipinski definition) is 1. The van der Waals surface area contributed by atoms with E-state index >= 15 is 0 Å². The Kier molecular flexibility index (Phi) is 4.91. The minimum atomic E-state index is -0.496. The molecule has 0 amide bonds.